The Morgan fingerprint density at radius 1 is 0.864 bits per heavy atom. The van der Waals surface area contributed by atoms with Crippen LogP contribution in [0.1, 0.15) is 48.2 Å². The third-order valence-electron chi connectivity index (χ3n) is 7.25. The van der Waals surface area contributed by atoms with Gasteiger partial charge in [0.05, 0.1) is 17.9 Å². The van der Waals surface area contributed by atoms with Gasteiger partial charge in [-0.15, -0.1) is 0 Å². The number of benzene rings is 4. The van der Waals surface area contributed by atoms with Crippen molar-refractivity contribution in [2.45, 2.75) is 46.1 Å². The summed E-state index contributed by atoms with van der Waals surface area (Å²) in [6.45, 7) is 9.15. The highest BCUT2D eigenvalue weighted by Crippen LogP contribution is 2.27. The second-order valence-electron chi connectivity index (χ2n) is 11.3. The van der Waals surface area contributed by atoms with Gasteiger partial charge in [0.1, 0.15) is 11.8 Å². The van der Waals surface area contributed by atoms with Crippen LogP contribution in [-0.2, 0) is 11.2 Å². The second kappa shape index (κ2) is 16.2. The molecule has 0 aliphatic rings. The summed E-state index contributed by atoms with van der Waals surface area (Å²) in [5.74, 6) is 0.146. The molecule has 0 fully saturated rings. The molecule has 0 radical (unpaired) electrons. The summed E-state index contributed by atoms with van der Waals surface area (Å²) in [6.07, 6.45) is 1.80. The van der Waals surface area contributed by atoms with Gasteiger partial charge in [-0.05, 0) is 85.7 Å². The zero-order chi connectivity index (χ0) is 31.3. The van der Waals surface area contributed by atoms with Crippen LogP contribution < -0.4 is 19.7 Å². The Morgan fingerprint density at radius 2 is 1.55 bits per heavy atom. The van der Waals surface area contributed by atoms with Crippen molar-refractivity contribution in [3.05, 3.63) is 120 Å². The summed E-state index contributed by atoms with van der Waals surface area (Å²) in [4.78, 5) is 27.1. The SMILES string of the molecule is Cc1ccccc1N(CCCOc1ccc(CCC(Nc2ccccc2OC(=O)c2ccccc2)C(=O)O)cc1)CC(C)C. The zero-order valence-corrected chi connectivity index (χ0v) is 25.7. The number of hydrogen-bond acceptors (Lipinski definition) is 6. The van der Waals surface area contributed by atoms with Gasteiger partial charge >= 0.3 is 11.9 Å². The molecule has 0 aliphatic carbocycles. The minimum Gasteiger partial charge on any atom is -0.494 e. The van der Waals surface area contributed by atoms with E-state index in [-0.39, 0.29) is 5.75 Å². The highest BCUT2D eigenvalue weighted by Gasteiger charge is 2.20. The molecule has 7 heteroatoms. The number of nitrogens with zero attached hydrogens (tertiary/aromatic N) is 1. The van der Waals surface area contributed by atoms with Crippen molar-refractivity contribution in [2.24, 2.45) is 5.92 Å². The van der Waals surface area contributed by atoms with Crippen LogP contribution in [0, 0.1) is 12.8 Å². The minimum atomic E-state index is -0.980. The van der Waals surface area contributed by atoms with E-state index in [9.17, 15) is 14.7 Å². The topological polar surface area (TPSA) is 88.1 Å². The smallest absolute Gasteiger partial charge is 0.343 e. The number of carbonyl (C=O) groups is 2. The Morgan fingerprint density at radius 3 is 2.25 bits per heavy atom. The van der Waals surface area contributed by atoms with Gasteiger partial charge in [0.25, 0.3) is 0 Å². The normalized spacial score (nSPS) is 11.5. The number of nitrogens with one attached hydrogen (secondary N) is 1. The number of para-hydroxylation sites is 3. The van der Waals surface area contributed by atoms with Crippen LogP contribution in [0.15, 0.2) is 103 Å². The fourth-order valence-electron chi connectivity index (χ4n) is 5.03. The van der Waals surface area contributed by atoms with E-state index in [2.05, 4.69) is 55.3 Å². The maximum atomic E-state index is 12.6. The van der Waals surface area contributed by atoms with Gasteiger partial charge in [0.15, 0.2) is 5.75 Å². The molecule has 0 aliphatic heterocycles. The van der Waals surface area contributed by atoms with Gasteiger partial charge in [-0.3, -0.25) is 0 Å². The van der Waals surface area contributed by atoms with Crippen molar-refractivity contribution in [3.63, 3.8) is 0 Å². The Hall–Kier alpha value is -4.78. The average Bonchev–Trinajstić information content (AvgIpc) is 3.02. The number of esters is 1. The molecule has 1 unspecified atom stereocenters. The zero-order valence-electron chi connectivity index (χ0n) is 25.7. The van der Waals surface area contributed by atoms with E-state index < -0.39 is 18.0 Å². The second-order valence-corrected chi connectivity index (χ2v) is 11.3. The third kappa shape index (κ3) is 9.63. The summed E-state index contributed by atoms with van der Waals surface area (Å²) >= 11 is 0. The summed E-state index contributed by atoms with van der Waals surface area (Å²) in [7, 11) is 0. The fraction of sp³-hybridized carbons (Fsp3) is 0.297. The first-order valence-electron chi connectivity index (χ1n) is 15.2. The molecule has 0 spiro atoms. The third-order valence-corrected chi connectivity index (χ3v) is 7.25. The van der Waals surface area contributed by atoms with Crippen LogP contribution in [0.2, 0.25) is 0 Å². The van der Waals surface area contributed by atoms with Gasteiger partial charge < -0.3 is 24.8 Å². The number of aryl methyl sites for hydroxylation is 2. The lowest BCUT2D eigenvalue weighted by Crippen LogP contribution is -2.30. The van der Waals surface area contributed by atoms with Crippen LogP contribution in [-0.4, -0.2) is 42.8 Å². The lowest BCUT2D eigenvalue weighted by atomic mass is 10.0. The molecule has 0 saturated heterocycles. The predicted molar refractivity (Wildman–Crippen MR) is 176 cm³/mol. The van der Waals surface area contributed by atoms with Gasteiger partial charge in [-0.1, -0.05) is 74.5 Å². The predicted octanol–water partition coefficient (Wildman–Crippen LogP) is 7.64. The van der Waals surface area contributed by atoms with Crippen molar-refractivity contribution in [3.8, 4) is 11.5 Å². The molecule has 230 valence electrons. The molecule has 0 heterocycles. The fourth-order valence-corrected chi connectivity index (χ4v) is 5.03. The first kappa shape index (κ1) is 32.1. The number of carbonyl (C=O) groups excluding carboxylic acids is 1. The highest BCUT2D eigenvalue weighted by atomic mass is 16.5. The lowest BCUT2D eigenvalue weighted by Gasteiger charge is -2.28. The van der Waals surface area contributed by atoms with E-state index in [1.165, 1.54) is 11.3 Å². The van der Waals surface area contributed by atoms with Crippen LogP contribution in [0.3, 0.4) is 0 Å². The van der Waals surface area contributed by atoms with Crippen molar-refractivity contribution in [2.75, 3.05) is 29.9 Å². The average molecular weight is 595 g/mol. The van der Waals surface area contributed by atoms with Crippen molar-refractivity contribution in [1.29, 1.82) is 0 Å². The Kier molecular flexibility index (Phi) is 11.8. The lowest BCUT2D eigenvalue weighted by molar-refractivity contribution is -0.138. The number of hydrogen-bond donors (Lipinski definition) is 2. The van der Waals surface area contributed by atoms with E-state index in [1.807, 2.05) is 30.3 Å². The van der Waals surface area contributed by atoms with Crippen LogP contribution in [0.5, 0.6) is 11.5 Å². The number of carboxylic acid groups (broad SMARTS) is 1. The Labute approximate surface area is 260 Å². The summed E-state index contributed by atoms with van der Waals surface area (Å²) in [5.41, 5.74) is 4.43. The minimum absolute atomic E-state index is 0.278. The molecule has 4 rings (SSSR count). The molecule has 4 aromatic rings. The van der Waals surface area contributed by atoms with Crippen LogP contribution in [0.25, 0.3) is 0 Å². The highest BCUT2D eigenvalue weighted by molar-refractivity contribution is 5.92. The molecule has 0 bridgehead atoms. The molecule has 44 heavy (non-hydrogen) atoms. The maximum Gasteiger partial charge on any atom is 0.343 e. The van der Waals surface area contributed by atoms with Crippen molar-refractivity contribution in [1.82, 2.24) is 0 Å². The van der Waals surface area contributed by atoms with E-state index in [1.54, 1.807) is 48.5 Å². The number of ether oxygens (including phenoxy) is 2. The molecular weight excluding hydrogens is 552 g/mol. The van der Waals surface area contributed by atoms with Gasteiger partial charge in [0, 0.05) is 18.8 Å². The first-order chi connectivity index (χ1) is 21.3. The summed E-state index contributed by atoms with van der Waals surface area (Å²) in [5, 5.41) is 13.0. The molecule has 0 saturated carbocycles. The van der Waals surface area contributed by atoms with Crippen molar-refractivity contribution < 1.29 is 24.2 Å². The molecule has 7 nitrogen and oxygen atoms in total. The molecule has 4 aromatic carbocycles. The van der Waals surface area contributed by atoms with Gasteiger partial charge in [-0.2, -0.15) is 0 Å². The number of rotatable bonds is 16. The molecule has 0 amide bonds. The van der Waals surface area contributed by atoms with E-state index in [0.717, 1.165) is 30.8 Å². The number of aliphatic carboxylic acids is 1. The van der Waals surface area contributed by atoms with E-state index in [0.29, 0.717) is 36.6 Å². The molecule has 2 N–H and O–H groups in total. The van der Waals surface area contributed by atoms with Crippen LogP contribution in [0.4, 0.5) is 11.4 Å². The Balaban J connectivity index is 1.27. The first-order valence-corrected chi connectivity index (χ1v) is 15.2. The van der Waals surface area contributed by atoms with Crippen molar-refractivity contribution >= 4 is 23.3 Å². The summed E-state index contributed by atoms with van der Waals surface area (Å²) < 4.78 is 11.6. The quantitative estimate of drug-likeness (QED) is 0.0783. The molecule has 0 aromatic heterocycles. The largest absolute Gasteiger partial charge is 0.494 e. The molecular formula is C37H42N2O5. The Bertz CT molecular complexity index is 1490. The number of anilines is 2. The van der Waals surface area contributed by atoms with Gasteiger partial charge in [-0.25, -0.2) is 9.59 Å². The monoisotopic (exact) mass is 594 g/mol. The molecule has 1 atom stereocenters. The van der Waals surface area contributed by atoms with E-state index in [4.69, 9.17) is 9.47 Å². The van der Waals surface area contributed by atoms with E-state index >= 15 is 0 Å². The number of carboxylic acids is 1. The maximum absolute atomic E-state index is 12.6. The van der Waals surface area contributed by atoms with Crippen LogP contribution >= 0.6 is 0 Å². The van der Waals surface area contributed by atoms with Gasteiger partial charge in [0.2, 0.25) is 0 Å². The summed E-state index contributed by atoms with van der Waals surface area (Å²) in [6, 6.07) is 31.0. The standard InChI is InChI=1S/C37H42N2O5/c1-27(2)26-39(34-16-9-7-12-28(34)3)24-11-25-43-31-21-18-29(19-22-31)20-23-33(36(40)41)38-32-15-8-10-17-35(32)44-37(42)30-13-5-4-6-14-30/h4-10,12-19,21-22,27,33,38H,11,20,23-26H2,1-3H3,(H,40,41).